The van der Waals surface area contributed by atoms with Crippen LogP contribution in [0.5, 0.6) is 0 Å². The van der Waals surface area contributed by atoms with Crippen LogP contribution in [0.3, 0.4) is 0 Å². The molecule has 1 unspecified atom stereocenters. The van der Waals surface area contributed by atoms with Gasteiger partial charge in [-0.05, 0) is 19.8 Å². The van der Waals surface area contributed by atoms with Crippen molar-refractivity contribution in [3.05, 3.63) is 0 Å². The summed E-state index contributed by atoms with van der Waals surface area (Å²) in [5, 5.41) is 0. The zero-order valence-electron chi connectivity index (χ0n) is 8.77. The maximum absolute atomic E-state index is 11.5. The molecule has 5 nitrogen and oxygen atoms in total. The summed E-state index contributed by atoms with van der Waals surface area (Å²) in [6.07, 6.45) is 2.45. The van der Waals surface area contributed by atoms with E-state index in [9.17, 15) is 13.2 Å². The van der Waals surface area contributed by atoms with Crippen LogP contribution in [0.2, 0.25) is 0 Å². The van der Waals surface area contributed by atoms with Gasteiger partial charge in [0.15, 0.2) is 0 Å². The fraction of sp³-hybridized carbons (Fsp3) is 0.889. The molecule has 2 aliphatic rings. The Morgan fingerprint density at radius 1 is 1.47 bits per heavy atom. The highest BCUT2D eigenvalue weighted by Crippen LogP contribution is 2.30. The molecule has 0 aromatic heterocycles. The monoisotopic (exact) mass is 232 g/mol. The smallest absolute Gasteiger partial charge is 0.224 e. The molecule has 6 heteroatoms. The van der Waals surface area contributed by atoms with Crippen LogP contribution in [0.4, 0.5) is 0 Å². The second-order valence-electron chi connectivity index (χ2n) is 4.20. The second kappa shape index (κ2) is 3.75. The van der Waals surface area contributed by atoms with Gasteiger partial charge in [0.25, 0.3) is 0 Å². The van der Waals surface area contributed by atoms with Gasteiger partial charge in [-0.3, -0.25) is 4.79 Å². The van der Waals surface area contributed by atoms with Gasteiger partial charge < -0.3 is 4.90 Å². The SMILES string of the molecule is CCS(=O)(=O)NC1CC(=O)N(C2CC2)C1. The van der Waals surface area contributed by atoms with Crippen molar-refractivity contribution in [1.82, 2.24) is 9.62 Å². The number of hydrogen-bond donors (Lipinski definition) is 1. The van der Waals surface area contributed by atoms with Crippen molar-refractivity contribution < 1.29 is 13.2 Å². The highest BCUT2D eigenvalue weighted by Gasteiger charge is 2.40. The summed E-state index contributed by atoms with van der Waals surface area (Å²) >= 11 is 0. The molecule has 2 fully saturated rings. The van der Waals surface area contributed by atoms with Gasteiger partial charge in [0, 0.05) is 25.0 Å². The number of nitrogens with zero attached hydrogens (tertiary/aromatic N) is 1. The third-order valence-corrected chi connectivity index (χ3v) is 4.32. The maximum Gasteiger partial charge on any atom is 0.224 e. The average Bonchev–Trinajstić information content (AvgIpc) is 2.92. The fourth-order valence-corrected chi connectivity index (χ4v) is 2.72. The van der Waals surface area contributed by atoms with Crippen molar-refractivity contribution in [3.8, 4) is 0 Å². The Morgan fingerprint density at radius 3 is 2.67 bits per heavy atom. The lowest BCUT2D eigenvalue weighted by Gasteiger charge is -2.15. The molecule has 1 heterocycles. The Balaban J connectivity index is 1.94. The van der Waals surface area contributed by atoms with Gasteiger partial charge in [0.2, 0.25) is 15.9 Å². The van der Waals surface area contributed by atoms with Crippen molar-refractivity contribution in [2.24, 2.45) is 0 Å². The first-order valence-electron chi connectivity index (χ1n) is 5.31. The summed E-state index contributed by atoms with van der Waals surface area (Å²) in [6.45, 7) is 2.14. The van der Waals surface area contributed by atoms with Gasteiger partial charge in [0.05, 0.1) is 5.75 Å². The highest BCUT2D eigenvalue weighted by molar-refractivity contribution is 7.89. The van der Waals surface area contributed by atoms with E-state index in [1.54, 1.807) is 6.92 Å². The van der Waals surface area contributed by atoms with Crippen molar-refractivity contribution in [2.75, 3.05) is 12.3 Å². The Kier molecular flexibility index (Phi) is 2.72. The molecule has 1 saturated carbocycles. The molecule has 1 aliphatic heterocycles. The number of hydrogen-bond acceptors (Lipinski definition) is 3. The van der Waals surface area contributed by atoms with Crippen LogP contribution in [-0.4, -0.2) is 43.6 Å². The molecule has 0 radical (unpaired) electrons. The van der Waals surface area contributed by atoms with Crippen LogP contribution < -0.4 is 4.72 Å². The zero-order chi connectivity index (χ0) is 11.1. The summed E-state index contributed by atoms with van der Waals surface area (Å²) in [7, 11) is -3.18. The third-order valence-electron chi connectivity index (χ3n) is 2.87. The van der Waals surface area contributed by atoms with Crippen LogP contribution in [0, 0.1) is 0 Å². The summed E-state index contributed by atoms with van der Waals surface area (Å²) in [6, 6.07) is 0.164. The molecule has 0 spiro atoms. The summed E-state index contributed by atoms with van der Waals surface area (Å²) in [4.78, 5) is 13.3. The number of amides is 1. The largest absolute Gasteiger partial charge is 0.338 e. The molecule has 1 aliphatic carbocycles. The molecular weight excluding hydrogens is 216 g/mol. The Morgan fingerprint density at radius 2 is 2.13 bits per heavy atom. The van der Waals surface area contributed by atoms with Crippen molar-refractivity contribution >= 4 is 15.9 Å². The van der Waals surface area contributed by atoms with E-state index in [2.05, 4.69) is 4.72 Å². The Bertz CT molecular complexity index is 362. The van der Waals surface area contributed by atoms with Crippen LogP contribution in [0.25, 0.3) is 0 Å². The number of carbonyl (C=O) groups is 1. The minimum atomic E-state index is -3.18. The lowest BCUT2D eigenvalue weighted by molar-refractivity contribution is -0.128. The van der Waals surface area contributed by atoms with Crippen LogP contribution >= 0.6 is 0 Å². The van der Waals surface area contributed by atoms with E-state index < -0.39 is 10.0 Å². The fourth-order valence-electron chi connectivity index (χ4n) is 1.89. The minimum absolute atomic E-state index is 0.0706. The van der Waals surface area contributed by atoms with Crippen LogP contribution in [-0.2, 0) is 14.8 Å². The van der Waals surface area contributed by atoms with Crippen molar-refractivity contribution in [2.45, 2.75) is 38.3 Å². The first kappa shape index (κ1) is 10.9. The molecule has 0 aromatic rings. The highest BCUT2D eigenvalue weighted by atomic mass is 32.2. The number of likely N-dealkylation sites (tertiary alicyclic amines) is 1. The molecule has 86 valence electrons. The lowest BCUT2D eigenvalue weighted by Crippen LogP contribution is -2.38. The summed E-state index contributed by atoms with van der Waals surface area (Å²) in [5.41, 5.74) is 0. The first-order chi connectivity index (χ1) is 7.02. The summed E-state index contributed by atoms with van der Waals surface area (Å²) < 4.78 is 25.2. The van der Waals surface area contributed by atoms with Gasteiger partial charge >= 0.3 is 0 Å². The quantitative estimate of drug-likeness (QED) is 0.723. The van der Waals surface area contributed by atoms with Crippen molar-refractivity contribution in [1.29, 1.82) is 0 Å². The van der Waals surface area contributed by atoms with Crippen molar-refractivity contribution in [3.63, 3.8) is 0 Å². The molecule has 0 bridgehead atoms. The summed E-state index contributed by atoms with van der Waals surface area (Å²) in [5.74, 6) is 0.155. The predicted molar refractivity (Wildman–Crippen MR) is 55.7 cm³/mol. The average molecular weight is 232 g/mol. The van der Waals surface area contributed by atoms with E-state index in [0.717, 1.165) is 12.8 Å². The molecule has 1 N–H and O–H groups in total. The van der Waals surface area contributed by atoms with Gasteiger partial charge in [0.1, 0.15) is 0 Å². The van der Waals surface area contributed by atoms with E-state index >= 15 is 0 Å². The minimum Gasteiger partial charge on any atom is -0.338 e. The predicted octanol–water partition coefficient (Wildman–Crippen LogP) is -0.311. The normalized spacial score (nSPS) is 27.4. The first-order valence-corrected chi connectivity index (χ1v) is 6.96. The molecule has 2 rings (SSSR count). The van der Waals surface area contributed by atoms with Gasteiger partial charge in [-0.15, -0.1) is 0 Å². The number of rotatable bonds is 4. The van der Waals surface area contributed by atoms with Gasteiger partial charge in [-0.1, -0.05) is 0 Å². The number of sulfonamides is 1. The Labute approximate surface area is 89.9 Å². The second-order valence-corrected chi connectivity index (χ2v) is 6.24. The third kappa shape index (κ3) is 2.49. The topological polar surface area (TPSA) is 66.5 Å². The maximum atomic E-state index is 11.5. The lowest BCUT2D eigenvalue weighted by atomic mass is 10.3. The molecular formula is C9H16N2O3S. The van der Waals surface area contributed by atoms with E-state index in [1.165, 1.54) is 0 Å². The Hall–Kier alpha value is -0.620. The molecule has 1 atom stereocenters. The van der Waals surface area contributed by atoms with E-state index in [-0.39, 0.29) is 17.7 Å². The van der Waals surface area contributed by atoms with Gasteiger partial charge in [-0.25, -0.2) is 13.1 Å². The molecule has 1 saturated heterocycles. The molecule has 1 amide bonds. The van der Waals surface area contributed by atoms with E-state index in [0.29, 0.717) is 19.0 Å². The standard InChI is InChI=1S/C9H16N2O3S/c1-2-15(13,14)10-7-5-9(12)11(6-7)8-3-4-8/h7-8,10H,2-6H2,1H3. The van der Waals surface area contributed by atoms with Crippen LogP contribution in [0.15, 0.2) is 0 Å². The zero-order valence-corrected chi connectivity index (χ0v) is 9.59. The number of carbonyl (C=O) groups excluding carboxylic acids is 1. The van der Waals surface area contributed by atoms with E-state index in [4.69, 9.17) is 0 Å². The molecule has 0 aromatic carbocycles. The molecule has 15 heavy (non-hydrogen) atoms. The number of nitrogens with one attached hydrogen (secondary N) is 1. The van der Waals surface area contributed by atoms with E-state index in [1.807, 2.05) is 4.90 Å². The van der Waals surface area contributed by atoms with Crippen LogP contribution in [0.1, 0.15) is 26.2 Å². The van der Waals surface area contributed by atoms with Gasteiger partial charge in [-0.2, -0.15) is 0 Å².